The van der Waals surface area contributed by atoms with Crippen LogP contribution in [0.15, 0.2) is 23.1 Å². The highest BCUT2D eigenvalue weighted by Crippen LogP contribution is 2.43. The Morgan fingerprint density at radius 2 is 2.28 bits per heavy atom. The lowest BCUT2D eigenvalue weighted by atomic mass is 9.77. The van der Waals surface area contributed by atoms with Gasteiger partial charge in [0.1, 0.15) is 5.82 Å². The molecule has 1 atom stereocenters. The fraction of sp³-hybridized carbons (Fsp3) is 0.526. The molecular formula is C19H24N4O2. The number of hydrogen-bond acceptors (Lipinski definition) is 5. The maximum absolute atomic E-state index is 12.3. The van der Waals surface area contributed by atoms with Gasteiger partial charge in [-0.15, -0.1) is 0 Å². The summed E-state index contributed by atoms with van der Waals surface area (Å²) in [5.74, 6) is 1.41. The molecule has 1 spiro atoms. The van der Waals surface area contributed by atoms with E-state index >= 15 is 0 Å². The van der Waals surface area contributed by atoms with Crippen LogP contribution in [-0.2, 0) is 18.4 Å². The van der Waals surface area contributed by atoms with Crippen LogP contribution in [0.25, 0.3) is 0 Å². The molecule has 1 aliphatic heterocycles. The minimum absolute atomic E-state index is 0.0159. The third-order valence-electron chi connectivity index (χ3n) is 5.58. The number of rotatable bonds is 3. The van der Waals surface area contributed by atoms with Gasteiger partial charge in [-0.25, -0.2) is 9.97 Å². The number of aromatic nitrogens is 3. The molecule has 25 heavy (non-hydrogen) atoms. The number of aryl methyl sites for hydroxylation is 1. The van der Waals surface area contributed by atoms with Gasteiger partial charge in [-0.1, -0.05) is 6.07 Å². The van der Waals surface area contributed by atoms with E-state index in [9.17, 15) is 4.79 Å². The number of ether oxygens (including phenoxy) is 1. The predicted molar refractivity (Wildman–Crippen MR) is 94.9 cm³/mol. The molecule has 1 saturated heterocycles. The van der Waals surface area contributed by atoms with Gasteiger partial charge in [0.2, 0.25) is 5.88 Å². The highest BCUT2D eigenvalue weighted by atomic mass is 16.5. The van der Waals surface area contributed by atoms with Crippen molar-refractivity contribution < 1.29 is 4.74 Å². The van der Waals surface area contributed by atoms with Crippen LogP contribution in [-0.4, -0.2) is 40.1 Å². The highest BCUT2D eigenvalue weighted by Gasteiger charge is 2.44. The first-order chi connectivity index (χ1) is 12.1. The van der Waals surface area contributed by atoms with Gasteiger partial charge in [-0.3, -0.25) is 9.69 Å². The van der Waals surface area contributed by atoms with Crippen molar-refractivity contribution in [1.29, 1.82) is 0 Å². The van der Waals surface area contributed by atoms with Gasteiger partial charge in [0.25, 0.3) is 5.56 Å². The second-order valence-corrected chi connectivity index (χ2v) is 7.24. The number of aromatic amines is 1. The largest absolute Gasteiger partial charge is 0.481 e. The van der Waals surface area contributed by atoms with Crippen LogP contribution in [0.5, 0.6) is 5.88 Å². The molecule has 0 aromatic carbocycles. The van der Waals surface area contributed by atoms with Crippen molar-refractivity contribution in [3.05, 3.63) is 51.3 Å². The fourth-order valence-corrected chi connectivity index (χ4v) is 4.49. The molecule has 4 rings (SSSR count). The van der Waals surface area contributed by atoms with E-state index in [1.165, 1.54) is 0 Å². The first-order valence-electron chi connectivity index (χ1n) is 8.92. The SMILES string of the molecule is COc1ncccc1CN1CCCC2(CCc3c2nc(C)[nH]c3=O)C1. The quantitative estimate of drug-likeness (QED) is 0.925. The Balaban J connectivity index is 1.62. The summed E-state index contributed by atoms with van der Waals surface area (Å²) in [5, 5.41) is 0. The average molecular weight is 340 g/mol. The Labute approximate surface area is 147 Å². The average Bonchev–Trinajstić information content (AvgIpc) is 2.94. The smallest absolute Gasteiger partial charge is 0.254 e. The van der Waals surface area contributed by atoms with Crippen LogP contribution < -0.4 is 10.3 Å². The van der Waals surface area contributed by atoms with Gasteiger partial charge in [0.05, 0.1) is 12.8 Å². The Kier molecular flexibility index (Phi) is 4.07. The lowest BCUT2D eigenvalue weighted by Gasteiger charge is -2.40. The van der Waals surface area contributed by atoms with Crippen LogP contribution in [0.1, 0.15) is 41.9 Å². The van der Waals surface area contributed by atoms with E-state index in [4.69, 9.17) is 9.72 Å². The maximum Gasteiger partial charge on any atom is 0.254 e. The number of hydrogen-bond donors (Lipinski definition) is 1. The first kappa shape index (κ1) is 16.3. The Hall–Kier alpha value is -2.21. The normalized spacial score (nSPS) is 23.0. The summed E-state index contributed by atoms with van der Waals surface area (Å²) in [6.07, 6.45) is 5.84. The van der Waals surface area contributed by atoms with E-state index in [1.54, 1.807) is 13.3 Å². The van der Waals surface area contributed by atoms with E-state index in [0.29, 0.717) is 5.88 Å². The molecule has 132 valence electrons. The highest BCUT2D eigenvalue weighted by molar-refractivity contribution is 5.34. The molecule has 2 aromatic heterocycles. The molecule has 3 heterocycles. The minimum Gasteiger partial charge on any atom is -0.481 e. The lowest BCUT2D eigenvalue weighted by molar-refractivity contribution is 0.135. The van der Waals surface area contributed by atoms with Gasteiger partial charge in [0, 0.05) is 35.8 Å². The molecule has 1 N–H and O–H groups in total. The van der Waals surface area contributed by atoms with Gasteiger partial charge in [0.15, 0.2) is 0 Å². The van der Waals surface area contributed by atoms with Crippen LogP contribution in [0.3, 0.4) is 0 Å². The summed E-state index contributed by atoms with van der Waals surface area (Å²) in [6, 6.07) is 4.02. The molecule has 1 aliphatic carbocycles. The van der Waals surface area contributed by atoms with Crippen molar-refractivity contribution in [2.24, 2.45) is 0 Å². The summed E-state index contributed by atoms with van der Waals surface area (Å²) in [4.78, 5) is 26.6. The molecular weight excluding hydrogens is 316 g/mol. The molecule has 1 fully saturated rings. The topological polar surface area (TPSA) is 71.1 Å². The van der Waals surface area contributed by atoms with E-state index in [0.717, 1.165) is 68.0 Å². The summed E-state index contributed by atoms with van der Waals surface area (Å²) < 4.78 is 5.40. The number of nitrogens with one attached hydrogen (secondary N) is 1. The van der Waals surface area contributed by atoms with Gasteiger partial charge >= 0.3 is 0 Å². The third kappa shape index (κ3) is 2.84. The van der Waals surface area contributed by atoms with Crippen LogP contribution >= 0.6 is 0 Å². The van der Waals surface area contributed by atoms with Crippen molar-refractivity contribution in [1.82, 2.24) is 19.9 Å². The molecule has 1 unspecified atom stereocenters. The van der Waals surface area contributed by atoms with Crippen molar-refractivity contribution in [3.8, 4) is 5.88 Å². The number of methoxy groups -OCH3 is 1. The molecule has 0 radical (unpaired) electrons. The summed E-state index contributed by atoms with van der Waals surface area (Å²) >= 11 is 0. The van der Waals surface area contributed by atoms with Crippen molar-refractivity contribution >= 4 is 0 Å². The van der Waals surface area contributed by atoms with Crippen LogP contribution in [0, 0.1) is 6.92 Å². The molecule has 2 aliphatic rings. The van der Waals surface area contributed by atoms with E-state index in [2.05, 4.69) is 20.9 Å². The summed E-state index contributed by atoms with van der Waals surface area (Å²) in [6.45, 7) is 4.68. The Bertz CT molecular complexity index is 848. The minimum atomic E-state index is 0.0159. The number of fused-ring (bicyclic) bond motifs is 2. The molecule has 6 heteroatoms. The van der Waals surface area contributed by atoms with Crippen molar-refractivity contribution in [3.63, 3.8) is 0 Å². The second kappa shape index (κ2) is 6.26. The van der Waals surface area contributed by atoms with E-state index in [-0.39, 0.29) is 11.0 Å². The zero-order chi connectivity index (χ0) is 17.4. The van der Waals surface area contributed by atoms with Crippen molar-refractivity contribution in [2.75, 3.05) is 20.2 Å². The zero-order valence-electron chi connectivity index (χ0n) is 14.8. The first-order valence-corrected chi connectivity index (χ1v) is 8.92. The molecule has 0 bridgehead atoms. The van der Waals surface area contributed by atoms with E-state index in [1.807, 2.05) is 13.0 Å². The number of nitrogens with zero attached hydrogens (tertiary/aromatic N) is 3. The lowest BCUT2D eigenvalue weighted by Crippen LogP contribution is -2.45. The van der Waals surface area contributed by atoms with Gasteiger partial charge < -0.3 is 9.72 Å². The monoisotopic (exact) mass is 340 g/mol. The zero-order valence-corrected chi connectivity index (χ0v) is 14.8. The predicted octanol–water partition coefficient (Wildman–Crippen LogP) is 1.96. The number of piperidine rings is 1. The summed E-state index contributed by atoms with van der Waals surface area (Å²) in [7, 11) is 1.66. The van der Waals surface area contributed by atoms with Crippen LogP contribution in [0.2, 0.25) is 0 Å². The second-order valence-electron chi connectivity index (χ2n) is 7.24. The number of pyridine rings is 1. The number of likely N-dealkylation sites (tertiary alicyclic amines) is 1. The standard InChI is InChI=1S/C19H24N4O2/c1-13-21-16-15(17(24)22-13)6-8-19(16)7-4-10-23(12-19)11-14-5-3-9-20-18(14)25-2/h3,5,9H,4,6-8,10-12H2,1-2H3,(H,21,22,24). The number of H-pyrrole nitrogens is 1. The molecule has 0 saturated carbocycles. The van der Waals surface area contributed by atoms with E-state index < -0.39 is 0 Å². The van der Waals surface area contributed by atoms with Gasteiger partial charge in [-0.05, 0) is 45.2 Å². The third-order valence-corrected chi connectivity index (χ3v) is 5.58. The molecule has 6 nitrogen and oxygen atoms in total. The summed E-state index contributed by atoms with van der Waals surface area (Å²) in [5.41, 5.74) is 3.10. The maximum atomic E-state index is 12.3. The fourth-order valence-electron chi connectivity index (χ4n) is 4.49. The molecule has 0 amide bonds. The Morgan fingerprint density at radius 3 is 3.12 bits per heavy atom. The Morgan fingerprint density at radius 1 is 1.40 bits per heavy atom. The van der Waals surface area contributed by atoms with Crippen LogP contribution in [0.4, 0.5) is 0 Å². The van der Waals surface area contributed by atoms with Crippen molar-refractivity contribution in [2.45, 2.75) is 44.6 Å². The molecule has 2 aromatic rings. The van der Waals surface area contributed by atoms with Gasteiger partial charge in [-0.2, -0.15) is 0 Å².